The molecule has 0 spiro atoms. The lowest BCUT2D eigenvalue weighted by atomic mass is 10.0. The molecule has 14 heteroatoms. The van der Waals surface area contributed by atoms with Crippen molar-refractivity contribution in [2.75, 3.05) is 33.7 Å². The lowest BCUT2D eigenvalue weighted by Gasteiger charge is -2.25. The number of carboxylic acid groups (broad SMARTS) is 2. The molecule has 1 aliphatic carbocycles. The molecule has 3 aromatic rings. The van der Waals surface area contributed by atoms with E-state index in [2.05, 4.69) is 108 Å². The van der Waals surface area contributed by atoms with Crippen molar-refractivity contribution in [3.63, 3.8) is 0 Å². The molecule has 4 rings (SSSR count). The van der Waals surface area contributed by atoms with Crippen molar-refractivity contribution >= 4 is 17.8 Å². The Morgan fingerprint density at radius 3 is 1.65 bits per heavy atom. The van der Waals surface area contributed by atoms with E-state index < -0.39 is 24.3 Å². The molecule has 0 aromatic heterocycles. The number of aliphatic carboxylic acids is 2. The van der Waals surface area contributed by atoms with Crippen LogP contribution in [0.3, 0.4) is 0 Å². The number of nitrogens with one attached hydrogen (secondary N) is 1. The summed E-state index contributed by atoms with van der Waals surface area (Å²) >= 11 is 0. The molecule has 1 fully saturated rings. The molecule has 0 aliphatic heterocycles. The molecular weight excluding hydrogens is 692 g/mol. The van der Waals surface area contributed by atoms with Crippen molar-refractivity contribution in [3.8, 4) is 11.1 Å². The van der Waals surface area contributed by atoms with Crippen LogP contribution in [0.25, 0.3) is 11.1 Å². The summed E-state index contributed by atoms with van der Waals surface area (Å²) in [5.41, 5.74) is 6.30. The third-order valence-electron chi connectivity index (χ3n) is 8.27. The summed E-state index contributed by atoms with van der Waals surface area (Å²) < 4.78 is 63.5. The zero-order valence-corrected chi connectivity index (χ0v) is 29.3. The van der Waals surface area contributed by atoms with Crippen LogP contribution in [0.4, 0.5) is 26.3 Å². The van der Waals surface area contributed by atoms with Gasteiger partial charge in [0.25, 0.3) is 0 Å². The van der Waals surface area contributed by atoms with Gasteiger partial charge in [0.1, 0.15) is 0 Å². The Bertz CT molecular complexity index is 1470. The quantitative estimate of drug-likeness (QED) is 0.114. The molecular formula is C38H47F6N3O5. The van der Waals surface area contributed by atoms with Crippen molar-refractivity contribution < 1.29 is 50.9 Å². The number of hydrogen-bond donors (Lipinski definition) is 3. The number of likely N-dealkylation sites (N-methyl/N-ethyl adjacent to an activating group) is 1. The standard InChI is InChI=1S/C34H45N3O.2C2HF3O2/c1-36(2)24-25-37(34(38)21-16-28-10-6-7-11-28)27-31-14-19-33(20-15-31)32-17-12-30(13-18-32)26-35-23-22-29-8-4-3-5-9-29;2*3-2(4,5)1(6)7/h3-5,8-9,12-15,17-20,28,35H,6-7,10-11,16,21-27H2,1-2H3;2*(H,6,7). The van der Waals surface area contributed by atoms with Crippen LogP contribution in [0.1, 0.15) is 55.2 Å². The van der Waals surface area contributed by atoms with Crippen LogP contribution >= 0.6 is 0 Å². The average molecular weight is 740 g/mol. The molecule has 0 bridgehead atoms. The van der Waals surface area contributed by atoms with Crippen LogP contribution in [0.15, 0.2) is 78.9 Å². The summed E-state index contributed by atoms with van der Waals surface area (Å²) in [7, 11) is 4.14. The molecule has 0 unspecified atom stereocenters. The summed E-state index contributed by atoms with van der Waals surface area (Å²) in [6.45, 7) is 4.20. The third kappa shape index (κ3) is 17.7. The third-order valence-corrected chi connectivity index (χ3v) is 8.27. The van der Waals surface area contributed by atoms with E-state index in [-0.39, 0.29) is 0 Å². The summed E-state index contributed by atoms with van der Waals surface area (Å²) in [6.07, 6.45) is -2.10. The first kappa shape index (κ1) is 43.7. The predicted octanol–water partition coefficient (Wildman–Crippen LogP) is 7.81. The SMILES string of the molecule is CN(C)CCN(Cc1ccc(-c2ccc(CNCCc3ccccc3)cc2)cc1)C(=O)CCC1CCCC1.O=C(O)C(F)(F)F.O=C(O)C(F)(F)F. The maximum Gasteiger partial charge on any atom is 0.490 e. The molecule has 0 radical (unpaired) electrons. The van der Waals surface area contributed by atoms with Gasteiger partial charge in [-0.2, -0.15) is 26.3 Å². The zero-order chi connectivity index (χ0) is 38.7. The van der Waals surface area contributed by atoms with Crippen molar-refractivity contribution in [2.45, 2.75) is 70.4 Å². The van der Waals surface area contributed by atoms with Crippen LogP contribution in [-0.2, 0) is 33.9 Å². The Hall–Kier alpha value is -4.43. The molecule has 1 saturated carbocycles. The van der Waals surface area contributed by atoms with Gasteiger partial charge in [-0.15, -0.1) is 0 Å². The molecule has 3 aromatic carbocycles. The fourth-order valence-electron chi connectivity index (χ4n) is 5.35. The smallest absolute Gasteiger partial charge is 0.475 e. The number of benzene rings is 3. The fraction of sp³-hybridized carbons (Fsp3) is 0.447. The highest BCUT2D eigenvalue weighted by Gasteiger charge is 2.38. The second-order valence-corrected chi connectivity index (χ2v) is 12.7. The normalized spacial score (nSPS) is 13.1. The van der Waals surface area contributed by atoms with Gasteiger partial charge < -0.3 is 25.3 Å². The summed E-state index contributed by atoms with van der Waals surface area (Å²) in [5, 5.41) is 17.8. The molecule has 1 aliphatic rings. The highest BCUT2D eigenvalue weighted by Crippen LogP contribution is 2.29. The molecule has 286 valence electrons. The minimum Gasteiger partial charge on any atom is -0.475 e. The number of rotatable bonds is 14. The number of nitrogens with zero attached hydrogens (tertiary/aromatic N) is 2. The largest absolute Gasteiger partial charge is 0.490 e. The topological polar surface area (TPSA) is 110 Å². The lowest BCUT2D eigenvalue weighted by molar-refractivity contribution is -0.193. The first-order valence-electron chi connectivity index (χ1n) is 16.9. The van der Waals surface area contributed by atoms with Gasteiger partial charge in [0.15, 0.2) is 0 Å². The van der Waals surface area contributed by atoms with Gasteiger partial charge in [-0.05, 0) is 67.2 Å². The Morgan fingerprint density at radius 1 is 0.712 bits per heavy atom. The van der Waals surface area contributed by atoms with Crippen LogP contribution in [0.2, 0.25) is 0 Å². The van der Waals surface area contributed by atoms with Gasteiger partial charge in [-0.1, -0.05) is 105 Å². The highest BCUT2D eigenvalue weighted by molar-refractivity contribution is 5.76. The van der Waals surface area contributed by atoms with Crippen molar-refractivity contribution in [3.05, 3.63) is 95.6 Å². The maximum atomic E-state index is 13.1. The van der Waals surface area contributed by atoms with Gasteiger partial charge in [0.05, 0.1) is 0 Å². The van der Waals surface area contributed by atoms with E-state index >= 15 is 0 Å². The number of carbonyl (C=O) groups is 3. The molecule has 3 N–H and O–H groups in total. The summed E-state index contributed by atoms with van der Waals surface area (Å²) in [5.74, 6) is -4.46. The molecule has 0 heterocycles. The monoisotopic (exact) mass is 739 g/mol. The molecule has 1 amide bonds. The van der Waals surface area contributed by atoms with Crippen LogP contribution < -0.4 is 5.32 Å². The van der Waals surface area contributed by atoms with E-state index in [0.717, 1.165) is 44.9 Å². The first-order valence-corrected chi connectivity index (χ1v) is 16.9. The van der Waals surface area contributed by atoms with Crippen LogP contribution in [-0.4, -0.2) is 83.9 Å². The minimum absolute atomic E-state index is 0.302. The number of hydrogen-bond acceptors (Lipinski definition) is 5. The minimum atomic E-state index is -5.08. The number of amides is 1. The molecule has 52 heavy (non-hydrogen) atoms. The molecule has 8 nitrogen and oxygen atoms in total. The van der Waals surface area contributed by atoms with E-state index in [9.17, 15) is 31.1 Å². The van der Waals surface area contributed by atoms with Crippen molar-refractivity contribution in [2.24, 2.45) is 5.92 Å². The predicted molar refractivity (Wildman–Crippen MR) is 186 cm³/mol. The van der Waals surface area contributed by atoms with E-state index in [4.69, 9.17) is 19.8 Å². The number of alkyl halides is 6. The van der Waals surface area contributed by atoms with Crippen LogP contribution in [0, 0.1) is 5.92 Å². The Morgan fingerprint density at radius 2 is 1.19 bits per heavy atom. The number of carbonyl (C=O) groups excluding carboxylic acids is 1. The zero-order valence-electron chi connectivity index (χ0n) is 29.3. The number of carboxylic acids is 2. The Balaban J connectivity index is 0.000000564. The second-order valence-electron chi connectivity index (χ2n) is 12.7. The van der Waals surface area contributed by atoms with Crippen LogP contribution in [0.5, 0.6) is 0 Å². The van der Waals surface area contributed by atoms with Gasteiger partial charge in [0.2, 0.25) is 5.91 Å². The van der Waals surface area contributed by atoms with Gasteiger partial charge >= 0.3 is 24.3 Å². The molecule has 0 atom stereocenters. The van der Waals surface area contributed by atoms with E-state index in [0.29, 0.717) is 18.9 Å². The van der Waals surface area contributed by atoms with Crippen molar-refractivity contribution in [1.82, 2.24) is 15.1 Å². The van der Waals surface area contributed by atoms with Gasteiger partial charge in [-0.25, -0.2) is 9.59 Å². The van der Waals surface area contributed by atoms with Gasteiger partial charge in [0, 0.05) is 32.6 Å². The van der Waals surface area contributed by atoms with E-state index in [1.807, 2.05) is 0 Å². The van der Waals surface area contributed by atoms with Gasteiger partial charge in [-0.3, -0.25) is 4.79 Å². The average Bonchev–Trinajstić information content (AvgIpc) is 3.62. The summed E-state index contributed by atoms with van der Waals surface area (Å²) in [4.78, 5) is 35.1. The van der Waals surface area contributed by atoms with E-state index in [1.54, 1.807) is 0 Å². The molecule has 0 saturated heterocycles. The van der Waals surface area contributed by atoms with Crippen molar-refractivity contribution in [1.29, 1.82) is 0 Å². The second kappa shape index (κ2) is 21.8. The fourth-order valence-corrected chi connectivity index (χ4v) is 5.35. The number of halogens is 6. The lowest BCUT2D eigenvalue weighted by Crippen LogP contribution is -2.36. The Labute approximate surface area is 300 Å². The summed E-state index contributed by atoms with van der Waals surface area (Å²) in [6, 6.07) is 28.2. The highest BCUT2D eigenvalue weighted by atomic mass is 19.4. The Kier molecular flexibility index (Phi) is 18.4. The first-order chi connectivity index (χ1) is 24.5. The van der Waals surface area contributed by atoms with E-state index in [1.165, 1.54) is 53.5 Å². The maximum absolute atomic E-state index is 13.1.